The number of nitrogens with one attached hydrogen (secondary N) is 2. The van der Waals surface area contributed by atoms with Gasteiger partial charge in [0.2, 0.25) is 5.91 Å². The third-order valence-electron chi connectivity index (χ3n) is 15.6. The quantitative estimate of drug-likeness (QED) is 0.163. The van der Waals surface area contributed by atoms with Crippen molar-refractivity contribution in [2.45, 2.75) is 106 Å². The highest BCUT2D eigenvalue weighted by Crippen LogP contribution is 2.77. The van der Waals surface area contributed by atoms with Crippen LogP contribution in [-0.2, 0) is 9.53 Å². The van der Waals surface area contributed by atoms with Gasteiger partial charge in [-0.05, 0) is 159 Å². The molecule has 0 spiro atoms. The fourth-order valence-electron chi connectivity index (χ4n) is 13.2. The second kappa shape index (κ2) is 13.2. The van der Waals surface area contributed by atoms with Gasteiger partial charge >= 0.3 is 5.97 Å². The van der Waals surface area contributed by atoms with Crippen molar-refractivity contribution >= 4 is 29.9 Å². The van der Waals surface area contributed by atoms with Gasteiger partial charge in [0.15, 0.2) is 0 Å². The van der Waals surface area contributed by atoms with Crippen LogP contribution in [0.15, 0.2) is 42.5 Å². The molecule has 266 valence electrons. The largest absolute Gasteiger partial charge is 0.465 e. The van der Waals surface area contributed by atoms with E-state index in [1.807, 2.05) is 19.2 Å². The van der Waals surface area contributed by atoms with Crippen molar-refractivity contribution in [1.29, 1.82) is 0 Å². The molecule has 2 N–H and O–H groups in total. The summed E-state index contributed by atoms with van der Waals surface area (Å²) in [6.07, 6.45) is 13.9. The number of benzene rings is 1. The summed E-state index contributed by atoms with van der Waals surface area (Å²) in [5, 5.41) is 6.65. The maximum atomic E-state index is 14.2. The highest BCUT2D eigenvalue weighted by molar-refractivity contribution is 5.90. The maximum Gasteiger partial charge on any atom is 0.337 e. The minimum Gasteiger partial charge on any atom is -0.465 e. The van der Waals surface area contributed by atoms with E-state index in [9.17, 15) is 9.59 Å². The van der Waals surface area contributed by atoms with E-state index in [0.717, 1.165) is 51.6 Å². The first kappa shape index (κ1) is 37.2. The molecule has 0 unspecified atom stereocenters. The fraction of sp³-hybridized carbons (Fsp3) is 0.714. The monoisotopic (exact) mass is 678 g/mol. The SMILES string of the molecule is C=C(C)[C@@H]1CC[C@]2(C(=O)NCCCNC)CC[C@]3(C)[C@H](CC[C@@H]4[C@@]5(C)CC=C(c6ccc(C(=O)OC)cc6)C(C)(C)[C@@H]5CC[C@]43C)[C@@H]12.Cl. The van der Waals surface area contributed by atoms with Crippen LogP contribution in [0.2, 0.25) is 0 Å². The van der Waals surface area contributed by atoms with E-state index >= 15 is 0 Å². The summed E-state index contributed by atoms with van der Waals surface area (Å²) in [5.41, 5.74) is 5.01. The number of amides is 1. The van der Waals surface area contributed by atoms with Gasteiger partial charge in [-0.2, -0.15) is 0 Å². The first-order valence-corrected chi connectivity index (χ1v) is 18.7. The van der Waals surface area contributed by atoms with Gasteiger partial charge in [-0.15, -0.1) is 12.4 Å². The van der Waals surface area contributed by atoms with Crippen LogP contribution in [-0.4, -0.2) is 39.1 Å². The van der Waals surface area contributed by atoms with Crippen molar-refractivity contribution < 1.29 is 14.3 Å². The number of rotatable bonds is 8. The van der Waals surface area contributed by atoms with E-state index in [-0.39, 0.29) is 45.5 Å². The van der Waals surface area contributed by atoms with Crippen molar-refractivity contribution in [2.75, 3.05) is 27.2 Å². The van der Waals surface area contributed by atoms with Gasteiger partial charge < -0.3 is 15.4 Å². The summed E-state index contributed by atoms with van der Waals surface area (Å²) in [6.45, 7) is 21.4. The van der Waals surface area contributed by atoms with Crippen molar-refractivity contribution in [3.63, 3.8) is 0 Å². The van der Waals surface area contributed by atoms with Crippen LogP contribution >= 0.6 is 12.4 Å². The topological polar surface area (TPSA) is 67.4 Å². The number of fused-ring (bicyclic) bond motifs is 7. The molecule has 6 rings (SSSR count). The average molecular weight is 679 g/mol. The van der Waals surface area contributed by atoms with Crippen molar-refractivity contribution in [2.24, 2.45) is 56.7 Å². The Morgan fingerprint density at radius 3 is 2.25 bits per heavy atom. The highest BCUT2D eigenvalue weighted by Gasteiger charge is 2.71. The van der Waals surface area contributed by atoms with E-state index in [1.54, 1.807) is 0 Å². The molecule has 0 radical (unpaired) electrons. The van der Waals surface area contributed by atoms with Gasteiger partial charge in [-0.25, -0.2) is 4.79 Å². The standard InChI is InChI=1S/C42H62N2O3.ClH/c1-27(2)30-17-22-42(37(46)44-26-10-25-43-8)24-23-40(6)32(35(30)42)15-16-34-39(5)20-18-31(28-11-13-29(14-12-28)36(45)47-9)38(3,4)33(39)19-21-41(34,40)7;/h11-14,18,30,32-35,43H,1,10,15-17,19-26H2,2-9H3,(H,44,46);1H/t30-,32+,33-,34+,35+,39-,40+,41+,42-;/m0./s1. The number of halogens is 1. The van der Waals surface area contributed by atoms with Crippen LogP contribution in [0.25, 0.3) is 5.57 Å². The predicted molar refractivity (Wildman–Crippen MR) is 199 cm³/mol. The van der Waals surface area contributed by atoms with Crippen LogP contribution in [0.4, 0.5) is 0 Å². The Labute approximate surface area is 297 Å². The van der Waals surface area contributed by atoms with Crippen molar-refractivity contribution in [3.8, 4) is 0 Å². The van der Waals surface area contributed by atoms with Gasteiger partial charge in [0.1, 0.15) is 0 Å². The molecular weight excluding hydrogens is 616 g/mol. The third kappa shape index (κ3) is 5.35. The third-order valence-corrected chi connectivity index (χ3v) is 15.6. The molecule has 0 aromatic heterocycles. The molecule has 4 saturated carbocycles. The Balaban J connectivity index is 0.00000451. The number of hydrogen-bond donors (Lipinski definition) is 2. The molecule has 0 bridgehead atoms. The Kier molecular flexibility index (Phi) is 10.2. The highest BCUT2D eigenvalue weighted by atomic mass is 35.5. The lowest BCUT2D eigenvalue weighted by molar-refractivity contribution is -0.225. The lowest BCUT2D eigenvalue weighted by Crippen LogP contribution is -2.66. The zero-order valence-electron chi connectivity index (χ0n) is 31.1. The summed E-state index contributed by atoms with van der Waals surface area (Å²) in [4.78, 5) is 26.3. The van der Waals surface area contributed by atoms with Crippen LogP contribution < -0.4 is 10.6 Å². The first-order chi connectivity index (χ1) is 22.2. The molecule has 0 heterocycles. The number of methoxy groups -OCH3 is 1. The van der Waals surface area contributed by atoms with Gasteiger partial charge in [0.05, 0.1) is 18.1 Å². The Morgan fingerprint density at radius 2 is 1.60 bits per heavy atom. The zero-order chi connectivity index (χ0) is 34.0. The van der Waals surface area contributed by atoms with E-state index in [4.69, 9.17) is 4.74 Å². The van der Waals surface area contributed by atoms with Crippen molar-refractivity contribution in [1.82, 2.24) is 10.6 Å². The number of carbonyl (C=O) groups excluding carboxylic acids is 2. The first-order valence-electron chi connectivity index (χ1n) is 18.7. The fourth-order valence-corrected chi connectivity index (χ4v) is 13.2. The molecule has 6 heteroatoms. The summed E-state index contributed by atoms with van der Waals surface area (Å²) in [5.74, 6) is 2.69. The Bertz CT molecular complexity index is 1430. The number of ether oxygens (including phenoxy) is 1. The second-order valence-electron chi connectivity index (χ2n) is 17.7. The molecule has 5 aliphatic carbocycles. The van der Waals surface area contributed by atoms with E-state index in [2.05, 4.69) is 77.0 Å². The molecule has 48 heavy (non-hydrogen) atoms. The van der Waals surface area contributed by atoms with Crippen molar-refractivity contribution in [3.05, 3.63) is 53.6 Å². The lowest BCUT2D eigenvalue weighted by atomic mass is 9.32. The molecule has 0 saturated heterocycles. The minimum atomic E-state index is -0.283. The van der Waals surface area contributed by atoms with Crippen LogP contribution in [0.5, 0.6) is 0 Å². The molecular formula is C42H63ClN2O3. The summed E-state index contributed by atoms with van der Waals surface area (Å²) in [7, 11) is 3.42. The summed E-state index contributed by atoms with van der Waals surface area (Å²) >= 11 is 0. The molecule has 0 aliphatic heterocycles. The molecule has 1 aromatic carbocycles. The predicted octanol–water partition coefficient (Wildman–Crippen LogP) is 9.27. The van der Waals surface area contributed by atoms with Gasteiger partial charge in [-0.1, -0.05) is 65.0 Å². The average Bonchev–Trinajstić information content (AvgIpc) is 3.44. The smallest absolute Gasteiger partial charge is 0.337 e. The van der Waals surface area contributed by atoms with Crippen LogP contribution in [0.3, 0.4) is 0 Å². The number of esters is 1. The van der Waals surface area contributed by atoms with Gasteiger partial charge in [0.25, 0.3) is 0 Å². The van der Waals surface area contributed by atoms with Gasteiger partial charge in [-0.3, -0.25) is 4.79 Å². The Morgan fingerprint density at radius 1 is 0.896 bits per heavy atom. The molecule has 4 fully saturated rings. The second-order valence-corrected chi connectivity index (χ2v) is 17.7. The van der Waals surface area contributed by atoms with E-state index in [1.165, 1.54) is 49.5 Å². The molecule has 1 aromatic rings. The number of hydrogen-bond acceptors (Lipinski definition) is 4. The maximum absolute atomic E-state index is 14.2. The number of allylic oxidation sites excluding steroid dienone is 3. The number of carbonyl (C=O) groups is 2. The van der Waals surface area contributed by atoms with Gasteiger partial charge in [0, 0.05) is 6.54 Å². The van der Waals surface area contributed by atoms with E-state index in [0.29, 0.717) is 41.1 Å². The molecule has 1 amide bonds. The summed E-state index contributed by atoms with van der Waals surface area (Å²) in [6, 6.07) is 8.07. The zero-order valence-corrected chi connectivity index (χ0v) is 31.9. The Hall–Kier alpha value is -2.11. The minimum absolute atomic E-state index is 0. The molecule has 5 nitrogen and oxygen atoms in total. The molecule has 5 aliphatic rings. The normalized spacial score (nSPS) is 39.3. The van der Waals surface area contributed by atoms with E-state index < -0.39 is 0 Å². The molecule has 9 atom stereocenters. The van der Waals surface area contributed by atoms with Crippen LogP contribution in [0, 0.1) is 56.7 Å². The van der Waals surface area contributed by atoms with Crippen LogP contribution in [0.1, 0.15) is 122 Å². The summed E-state index contributed by atoms with van der Waals surface area (Å²) < 4.78 is 4.95. The lowest BCUT2D eigenvalue weighted by Gasteiger charge is -2.72.